The van der Waals surface area contributed by atoms with Crippen molar-refractivity contribution in [2.24, 2.45) is 0 Å². The number of benzene rings is 1. The van der Waals surface area contributed by atoms with Crippen LogP contribution in [0.3, 0.4) is 0 Å². The first-order valence-electron chi connectivity index (χ1n) is 7.22. The van der Waals surface area contributed by atoms with Crippen molar-refractivity contribution in [1.82, 2.24) is 14.5 Å². The third kappa shape index (κ3) is 4.97. The van der Waals surface area contributed by atoms with E-state index in [9.17, 15) is 17.6 Å². The minimum absolute atomic E-state index is 0.0514. The quantitative estimate of drug-likeness (QED) is 0.791. The summed E-state index contributed by atoms with van der Waals surface area (Å²) in [5, 5.41) is 0. The summed E-state index contributed by atoms with van der Waals surface area (Å²) in [7, 11) is -3.88. The first-order chi connectivity index (χ1) is 10.8. The van der Waals surface area contributed by atoms with E-state index in [1.807, 2.05) is 0 Å². The van der Waals surface area contributed by atoms with Gasteiger partial charge >= 0.3 is 0 Å². The van der Waals surface area contributed by atoms with E-state index in [4.69, 9.17) is 0 Å². The summed E-state index contributed by atoms with van der Waals surface area (Å²) in [6.45, 7) is 4.93. The number of carbonyl (C=O) groups is 1. The molecule has 0 spiro atoms. The molecule has 1 aromatic rings. The molecular formula is C14H19BrFN3O3S. The van der Waals surface area contributed by atoms with Crippen LogP contribution in [0.4, 0.5) is 4.39 Å². The maximum absolute atomic E-state index is 13.7. The highest BCUT2D eigenvalue weighted by molar-refractivity contribution is 9.10. The second-order valence-corrected chi connectivity index (χ2v) is 7.97. The predicted octanol–water partition coefficient (Wildman–Crippen LogP) is 1.03. The van der Waals surface area contributed by atoms with Gasteiger partial charge in [0.15, 0.2) is 0 Å². The maximum Gasteiger partial charge on any atom is 0.243 e. The van der Waals surface area contributed by atoms with Gasteiger partial charge in [-0.15, -0.1) is 0 Å². The molecule has 1 saturated heterocycles. The maximum atomic E-state index is 13.7. The Morgan fingerprint density at radius 1 is 1.30 bits per heavy atom. The van der Waals surface area contributed by atoms with Gasteiger partial charge in [-0.1, -0.05) is 15.9 Å². The summed E-state index contributed by atoms with van der Waals surface area (Å²) in [4.78, 5) is 14.7. The van der Waals surface area contributed by atoms with Crippen molar-refractivity contribution in [3.63, 3.8) is 0 Å². The molecule has 0 aliphatic carbocycles. The Morgan fingerprint density at radius 2 is 1.96 bits per heavy atom. The Hall–Kier alpha value is -1.03. The zero-order valence-corrected chi connectivity index (χ0v) is 15.2. The summed E-state index contributed by atoms with van der Waals surface area (Å²) in [6, 6.07) is 3.80. The lowest BCUT2D eigenvalue weighted by molar-refractivity contribution is -0.130. The largest absolute Gasteiger partial charge is 0.340 e. The zero-order valence-electron chi connectivity index (χ0n) is 12.8. The van der Waals surface area contributed by atoms with Crippen LogP contribution >= 0.6 is 15.9 Å². The standard InChI is InChI=1S/C14H19BrFN3O3S/c1-11(20)19-8-6-18(7-9-19)5-4-17-23(21,22)14-10-12(15)2-3-13(14)16/h2-3,10,17H,4-9H2,1H3. The molecule has 0 saturated carbocycles. The van der Waals surface area contributed by atoms with Gasteiger partial charge in [-0.2, -0.15) is 0 Å². The number of hydrogen-bond donors (Lipinski definition) is 1. The molecule has 1 aromatic carbocycles. The average Bonchev–Trinajstić information content (AvgIpc) is 2.50. The van der Waals surface area contributed by atoms with Crippen LogP contribution in [0.15, 0.2) is 27.6 Å². The zero-order chi connectivity index (χ0) is 17.0. The van der Waals surface area contributed by atoms with Crippen molar-refractivity contribution in [1.29, 1.82) is 0 Å². The molecule has 1 amide bonds. The molecule has 23 heavy (non-hydrogen) atoms. The van der Waals surface area contributed by atoms with Crippen molar-refractivity contribution >= 4 is 31.9 Å². The minimum atomic E-state index is -3.88. The Balaban J connectivity index is 1.86. The molecule has 0 radical (unpaired) electrons. The number of amides is 1. The molecule has 1 N–H and O–H groups in total. The molecule has 1 fully saturated rings. The van der Waals surface area contributed by atoms with Crippen LogP contribution in [-0.4, -0.2) is 63.4 Å². The van der Waals surface area contributed by atoms with Crippen LogP contribution in [-0.2, 0) is 14.8 Å². The molecule has 0 bridgehead atoms. The van der Waals surface area contributed by atoms with Crippen LogP contribution in [0.25, 0.3) is 0 Å². The van der Waals surface area contributed by atoms with E-state index < -0.39 is 15.8 Å². The number of nitrogens with zero attached hydrogens (tertiary/aromatic N) is 2. The van der Waals surface area contributed by atoms with Crippen LogP contribution in [0.2, 0.25) is 0 Å². The first kappa shape index (κ1) is 18.3. The van der Waals surface area contributed by atoms with Crippen molar-refractivity contribution in [2.45, 2.75) is 11.8 Å². The Bertz CT molecular complexity index is 676. The summed E-state index contributed by atoms with van der Waals surface area (Å²) in [6.07, 6.45) is 0. The molecule has 1 aliphatic rings. The number of piperazine rings is 1. The molecular weight excluding hydrogens is 389 g/mol. The van der Waals surface area contributed by atoms with Gasteiger partial charge in [0.05, 0.1) is 0 Å². The van der Waals surface area contributed by atoms with Crippen molar-refractivity contribution < 1.29 is 17.6 Å². The van der Waals surface area contributed by atoms with Crippen molar-refractivity contribution in [3.05, 3.63) is 28.5 Å². The summed E-state index contributed by atoms with van der Waals surface area (Å²) >= 11 is 3.14. The molecule has 0 aromatic heterocycles. The number of hydrogen-bond acceptors (Lipinski definition) is 4. The highest BCUT2D eigenvalue weighted by Crippen LogP contribution is 2.19. The first-order valence-corrected chi connectivity index (χ1v) is 9.50. The number of carbonyl (C=O) groups excluding carboxylic acids is 1. The van der Waals surface area contributed by atoms with Gasteiger partial charge in [0.2, 0.25) is 15.9 Å². The Morgan fingerprint density at radius 3 is 2.57 bits per heavy atom. The van der Waals surface area contributed by atoms with Crippen molar-refractivity contribution in [3.8, 4) is 0 Å². The second kappa shape index (κ2) is 7.69. The SMILES string of the molecule is CC(=O)N1CCN(CCNS(=O)(=O)c2cc(Br)ccc2F)CC1. The summed E-state index contributed by atoms with van der Waals surface area (Å²) in [5.41, 5.74) is 0. The lowest BCUT2D eigenvalue weighted by Crippen LogP contribution is -2.49. The molecule has 6 nitrogen and oxygen atoms in total. The lowest BCUT2D eigenvalue weighted by Gasteiger charge is -2.34. The second-order valence-electron chi connectivity index (χ2n) is 5.32. The fraction of sp³-hybridized carbons (Fsp3) is 0.500. The van der Waals surface area contributed by atoms with Gasteiger partial charge in [0, 0.05) is 50.7 Å². The summed E-state index contributed by atoms with van der Waals surface area (Å²) in [5.74, 6) is -0.730. The fourth-order valence-electron chi connectivity index (χ4n) is 2.39. The monoisotopic (exact) mass is 407 g/mol. The number of nitrogens with one attached hydrogen (secondary N) is 1. The number of rotatable bonds is 5. The van der Waals surface area contributed by atoms with Gasteiger partial charge in [0.1, 0.15) is 10.7 Å². The van der Waals surface area contributed by atoms with Gasteiger partial charge in [-0.25, -0.2) is 17.5 Å². The van der Waals surface area contributed by atoms with E-state index >= 15 is 0 Å². The van der Waals surface area contributed by atoms with Crippen LogP contribution in [0, 0.1) is 5.82 Å². The predicted molar refractivity (Wildman–Crippen MR) is 88.0 cm³/mol. The van der Waals surface area contributed by atoms with Gasteiger partial charge in [-0.05, 0) is 18.2 Å². The Labute approximate surface area is 143 Å². The van der Waals surface area contributed by atoms with Crippen molar-refractivity contribution in [2.75, 3.05) is 39.3 Å². The third-order valence-electron chi connectivity index (χ3n) is 3.72. The molecule has 0 atom stereocenters. The molecule has 1 heterocycles. The summed E-state index contributed by atoms with van der Waals surface area (Å²) < 4.78 is 40.9. The third-order valence-corrected chi connectivity index (χ3v) is 5.69. The van der Waals surface area contributed by atoms with E-state index in [0.29, 0.717) is 37.2 Å². The molecule has 1 aliphatic heterocycles. The van der Waals surface area contributed by atoms with Crippen LogP contribution in [0.5, 0.6) is 0 Å². The molecule has 9 heteroatoms. The molecule has 128 valence electrons. The van der Waals surface area contributed by atoms with Gasteiger partial charge in [-0.3, -0.25) is 9.69 Å². The van der Waals surface area contributed by atoms with E-state index in [2.05, 4.69) is 25.6 Å². The average molecular weight is 408 g/mol. The van der Waals surface area contributed by atoms with Gasteiger partial charge in [0.25, 0.3) is 0 Å². The minimum Gasteiger partial charge on any atom is -0.340 e. The fourth-order valence-corrected chi connectivity index (χ4v) is 4.02. The number of sulfonamides is 1. The Kier molecular flexibility index (Phi) is 6.12. The normalized spacial score (nSPS) is 16.6. The molecule has 2 rings (SSSR count). The van der Waals surface area contributed by atoms with E-state index in [-0.39, 0.29) is 17.3 Å². The lowest BCUT2D eigenvalue weighted by atomic mass is 10.3. The van der Waals surface area contributed by atoms with E-state index in [0.717, 1.165) is 6.07 Å². The van der Waals surface area contributed by atoms with Crippen LogP contribution in [0.1, 0.15) is 6.92 Å². The molecule has 0 unspecified atom stereocenters. The number of halogens is 2. The highest BCUT2D eigenvalue weighted by atomic mass is 79.9. The van der Waals surface area contributed by atoms with Gasteiger partial charge < -0.3 is 4.90 Å². The highest BCUT2D eigenvalue weighted by Gasteiger charge is 2.21. The van der Waals surface area contributed by atoms with E-state index in [1.165, 1.54) is 19.1 Å². The van der Waals surface area contributed by atoms with Crippen LogP contribution < -0.4 is 4.72 Å². The topological polar surface area (TPSA) is 69.7 Å². The van der Waals surface area contributed by atoms with E-state index in [1.54, 1.807) is 4.90 Å². The smallest absolute Gasteiger partial charge is 0.243 e.